The molecule has 0 radical (unpaired) electrons. The molecule has 148 valence electrons. The fourth-order valence-corrected chi connectivity index (χ4v) is 4.29. The SMILES string of the molecule is O=C(CN1CCN(S(=O)(=O)C=Cc2ccccc2)CC1)Nc1cccc(Cl)c1. The number of hydrogen-bond donors (Lipinski definition) is 1. The van der Waals surface area contributed by atoms with Crippen molar-refractivity contribution in [3.05, 3.63) is 70.6 Å². The first-order valence-corrected chi connectivity index (χ1v) is 10.8. The van der Waals surface area contributed by atoms with E-state index in [1.54, 1.807) is 30.3 Å². The Bertz CT molecular complexity index is 940. The molecule has 1 saturated heterocycles. The first kappa shape index (κ1) is 20.5. The van der Waals surface area contributed by atoms with Gasteiger partial charge in [0.05, 0.1) is 6.54 Å². The maximum absolute atomic E-state index is 12.5. The predicted octanol–water partition coefficient (Wildman–Crippen LogP) is 2.90. The minimum atomic E-state index is -3.48. The van der Waals surface area contributed by atoms with E-state index in [9.17, 15) is 13.2 Å². The molecule has 0 spiro atoms. The molecule has 1 N–H and O–H groups in total. The standard InChI is InChI=1S/C20H22ClN3O3S/c21-18-7-4-8-19(15-18)22-20(25)16-23-10-12-24(13-11-23)28(26,27)14-9-17-5-2-1-3-6-17/h1-9,14-15H,10-13,16H2,(H,22,25). The molecule has 8 heteroatoms. The van der Waals surface area contributed by atoms with Crippen molar-refractivity contribution in [1.82, 2.24) is 9.21 Å². The second-order valence-electron chi connectivity index (χ2n) is 6.49. The van der Waals surface area contributed by atoms with Gasteiger partial charge in [-0.3, -0.25) is 9.69 Å². The Labute approximate surface area is 170 Å². The maximum Gasteiger partial charge on any atom is 0.238 e. The summed E-state index contributed by atoms with van der Waals surface area (Å²) in [5.41, 5.74) is 1.48. The minimum absolute atomic E-state index is 0.150. The zero-order valence-electron chi connectivity index (χ0n) is 15.3. The number of carbonyl (C=O) groups is 1. The second-order valence-corrected chi connectivity index (χ2v) is 8.75. The summed E-state index contributed by atoms with van der Waals surface area (Å²) in [6, 6.07) is 16.3. The molecule has 0 atom stereocenters. The second kappa shape index (κ2) is 9.34. The zero-order chi connectivity index (χ0) is 20.0. The number of rotatable bonds is 6. The molecule has 1 fully saturated rings. The van der Waals surface area contributed by atoms with Crippen molar-refractivity contribution in [2.45, 2.75) is 0 Å². The van der Waals surface area contributed by atoms with E-state index in [1.165, 1.54) is 9.71 Å². The van der Waals surface area contributed by atoms with Gasteiger partial charge in [-0.2, -0.15) is 4.31 Å². The Hall–Kier alpha value is -2.19. The van der Waals surface area contributed by atoms with Crippen molar-refractivity contribution in [2.75, 3.05) is 38.0 Å². The highest BCUT2D eigenvalue weighted by Gasteiger charge is 2.25. The molecule has 0 aromatic heterocycles. The summed E-state index contributed by atoms with van der Waals surface area (Å²) in [7, 11) is -3.48. The summed E-state index contributed by atoms with van der Waals surface area (Å²) in [5.74, 6) is -0.150. The maximum atomic E-state index is 12.5. The minimum Gasteiger partial charge on any atom is -0.325 e. The number of carbonyl (C=O) groups excluding carboxylic acids is 1. The zero-order valence-corrected chi connectivity index (χ0v) is 16.9. The van der Waals surface area contributed by atoms with Gasteiger partial charge in [-0.05, 0) is 29.8 Å². The Morgan fingerprint density at radius 2 is 1.75 bits per heavy atom. The Morgan fingerprint density at radius 1 is 1.04 bits per heavy atom. The summed E-state index contributed by atoms with van der Waals surface area (Å²) in [6.45, 7) is 1.92. The highest BCUT2D eigenvalue weighted by Crippen LogP contribution is 2.15. The third-order valence-electron chi connectivity index (χ3n) is 4.40. The molecule has 28 heavy (non-hydrogen) atoms. The summed E-state index contributed by atoms with van der Waals surface area (Å²) in [6.07, 6.45) is 1.60. The van der Waals surface area contributed by atoms with Gasteiger partial charge in [-0.25, -0.2) is 8.42 Å². The molecule has 1 heterocycles. The van der Waals surface area contributed by atoms with Gasteiger partial charge in [0, 0.05) is 42.3 Å². The van der Waals surface area contributed by atoms with Crippen molar-refractivity contribution in [1.29, 1.82) is 0 Å². The fraction of sp³-hybridized carbons (Fsp3) is 0.250. The van der Waals surface area contributed by atoms with Gasteiger partial charge in [-0.15, -0.1) is 0 Å². The lowest BCUT2D eigenvalue weighted by Gasteiger charge is -2.32. The van der Waals surface area contributed by atoms with E-state index >= 15 is 0 Å². The van der Waals surface area contributed by atoms with E-state index in [0.29, 0.717) is 36.9 Å². The van der Waals surface area contributed by atoms with E-state index < -0.39 is 10.0 Å². The molecule has 0 aliphatic carbocycles. The lowest BCUT2D eigenvalue weighted by molar-refractivity contribution is -0.117. The van der Waals surface area contributed by atoms with Crippen LogP contribution in [-0.2, 0) is 14.8 Å². The smallest absolute Gasteiger partial charge is 0.238 e. The van der Waals surface area contributed by atoms with Crippen LogP contribution in [0.4, 0.5) is 5.69 Å². The highest BCUT2D eigenvalue weighted by molar-refractivity contribution is 7.92. The quantitative estimate of drug-likeness (QED) is 0.781. The van der Waals surface area contributed by atoms with E-state index in [0.717, 1.165) is 5.56 Å². The average molecular weight is 420 g/mol. The average Bonchev–Trinajstić information content (AvgIpc) is 2.68. The molecule has 1 aliphatic rings. The number of nitrogens with one attached hydrogen (secondary N) is 1. The van der Waals surface area contributed by atoms with Gasteiger partial charge < -0.3 is 5.32 Å². The van der Waals surface area contributed by atoms with Gasteiger partial charge >= 0.3 is 0 Å². The van der Waals surface area contributed by atoms with Crippen LogP contribution in [0.5, 0.6) is 0 Å². The van der Waals surface area contributed by atoms with Crippen molar-refractivity contribution in [3.8, 4) is 0 Å². The predicted molar refractivity (Wildman–Crippen MR) is 112 cm³/mol. The highest BCUT2D eigenvalue weighted by atomic mass is 35.5. The van der Waals surface area contributed by atoms with Gasteiger partial charge in [0.15, 0.2) is 0 Å². The summed E-state index contributed by atoms with van der Waals surface area (Å²) >= 11 is 5.91. The number of nitrogens with zero attached hydrogens (tertiary/aromatic N) is 2. The molecule has 2 aromatic carbocycles. The van der Waals surface area contributed by atoms with Crippen LogP contribution in [0.2, 0.25) is 5.02 Å². The fourth-order valence-electron chi connectivity index (χ4n) is 2.93. The lowest BCUT2D eigenvalue weighted by atomic mass is 10.2. The van der Waals surface area contributed by atoms with Crippen molar-refractivity contribution in [3.63, 3.8) is 0 Å². The normalized spacial score (nSPS) is 16.3. The van der Waals surface area contributed by atoms with Crippen molar-refractivity contribution >= 4 is 39.3 Å². The van der Waals surface area contributed by atoms with E-state index in [1.807, 2.05) is 35.2 Å². The van der Waals surface area contributed by atoms with Crippen LogP contribution in [0.3, 0.4) is 0 Å². The molecule has 0 bridgehead atoms. The molecular weight excluding hydrogens is 398 g/mol. The molecule has 0 saturated carbocycles. The van der Waals surface area contributed by atoms with Gasteiger partial charge in [-0.1, -0.05) is 48.0 Å². The number of piperazine rings is 1. The van der Waals surface area contributed by atoms with Crippen LogP contribution in [-0.4, -0.2) is 56.3 Å². The molecular formula is C20H22ClN3O3S. The first-order valence-electron chi connectivity index (χ1n) is 8.93. The van der Waals surface area contributed by atoms with E-state index in [-0.39, 0.29) is 12.5 Å². The van der Waals surface area contributed by atoms with Crippen LogP contribution in [0.1, 0.15) is 5.56 Å². The number of benzene rings is 2. The molecule has 0 unspecified atom stereocenters. The largest absolute Gasteiger partial charge is 0.325 e. The molecule has 1 aliphatic heterocycles. The number of hydrogen-bond acceptors (Lipinski definition) is 4. The molecule has 6 nitrogen and oxygen atoms in total. The molecule has 3 rings (SSSR count). The van der Waals surface area contributed by atoms with Crippen LogP contribution in [0.25, 0.3) is 6.08 Å². The first-order chi connectivity index (χ1) is 13.4. The topological polar surface area (TPSA) is 69.7 Å². The van der Waals surface area contributed by atoms with Crippen LogP contribution in [0.15, 0.2) is 60.0 Å². The van der Waals surface area contributed by atoms with Gasteiger partial charge in [0.25, 0.3) is 0 Å². The van der Waals surface area contributed by atoms with Crippen LogP contribution >= 0.6 is 11.6 Å². The number of anilines is 1. The number of amides is 1. The third kappa shape index (κ3) is 5.90. The summed E-state index contributed by atoms with van der Waals surface area (Å²) in [4.78, 5) is 14.1. The lowest BCUT2D eigenvalue weighted by Crippen LogP contribution is -2.49. The Morgan fingerprint density at radius 3 is 2.43 bits per heavy atom. The summed E-state index contributed by atoms with van der Waals surface area (Å²) < 4.78 is 26.4. The number of sulfonamides is 1. The van der Waals surface area contributed by atoms with Crippen molar-refractivity contribution in [2.24, 2.45) is 0 Å². The Balaban J connectivity index is 1.49. The van der Waals surface area contributed by atoms with Crippen LogP contribution < -0.4 is 5.32 Å². The third-order valence-corrected chi connectivity index (χ3v) is 6.20. The van der Waals surface area contributed by atoms with Gasteiger partial charge in [0.2, 0.25) is 15.9 Å². The monoisotopic (exact) mass is 419 g/mol. The van der Waals surface area contributed by atoms with E-state index in [2.05, 4.69) is 5.32 Å². The molecule has 2 aromatic rings. The van der Waals surface area contributed by atoms with Crippen molar-refractivity contribution < 1.29 is 13.2 Å². The van der Waals surface area contributed by atoms with Gasteiger partial charge in [0.1, 0.15) is 0 Å². The Kier molecular flexibility index (Phi) is 6.85. The van der Waals surface area contributed by atoms with Crippen LogP contribution in [0, 0.1) is 0 Å². The van der Waals surface area contributed by atoms with E-state index in [4.69, 9.17) is 11.6 Å². The summed E-state index contributed by atoms with van der Waals surface area (Å²) in [5, 5.41) is 4.60. The molecule has 1 amide bonds. The number of halogens is 1.